The molecule has 1 atom stereocenters. The highest BCUT2D eigenvalue weighted by Gasteiger charge is 2.32. The van der Waals surface area contributed by atoms with Gasteiger partial charge in [0, 0.05) is 18.7 Å². The number of anilines is 1. The Morgan fingerprint density at radius 2 is 1.76 bits per heavy atom. The van der Waals surface area contributed by atoms with Gasteiger partial charge in [0.25, 0.3) is 11.8 Å². The first-order valence-electron chi connectivity index (χ1n) is 13.3. The minimum Gasteiger partial charge on any atom is -0.451 e. The third-order valence-corrected chi connectivity index (χ3v) is 7.33. The summed E-state index contributed by atoms with van der Waals surface area (Å²) >= 11 is 0. The largest absolute Gasteiger partial charge is 0.451 e. The van der Waals surface area contributed by atoms with Gasteiger partial charge in [0.2, 0.25) is 0 Å². The molecular weight excluding hydrogens is 532 g/mol. The topological polar surface area (TPSA) is 142 Å². The zero-order valence-corrected chi connectivity index (χ0v) is 22.0. The summed E-state index contributed by atoms with van der Waals surface area (Å²) in [4.78, 5) is 35.5. The van der Waals surface area contributed by atoms with E-state index < -0.39 is 23.3 Å². The number of halogens is 2. The molecule has 4 N–H and O–H groups in total. The summed E-state index contributed by atoms with van der Waals surface area (Å²) < 4.78 is 35.3. The van der Waals surface area contributed by atoms with Gasteiger partial charge in [-0.2, -0.15) is 5.10 Å². The summed E-state index contributed by atoms with van der Waals surface area (Å²) in [6.07, 6.45) is 6.36. The number of carbonyl (C=O) groups excluding carboxylic acids is 2. The van der Waals surface area contributed by atoms with E-state index in [0.29, 0.717) is 41.8 Å². The van der Waals surface area contributed by atoms with Gasteiger partial charge in [-0.05, 0) is 68.0 Å². The second kappa shape index (κ2) is 10.6. The Morgan fingerprint density at radius 1 is 1.02 bits per heavy atom. The zero-order chi connectivity index (χ0) is 28.7. The van der Waals surface area contributed by atoms with E-state index in [1.165, 1.54) is 12.4 Å². The quantitative estimate of drug-likeness (QED) is 0.197. The first-order valence-corrected chi connectivity index (χ1v) is 13.3. The number of hydrogen-bond donors (Lipinski definition) is 2. The number of likely N-dealkylation sites (tertiary alicyclic amines) is 1. The molecule has 1 saturated heterocycles. The van der Waals surface area contributed by atoms with Gasteiger partial charge in [0.15, 0.2) is 23.0 Å². The number of nitrogens with two attached hydrogens (primary N) is 2. The number of allylic oxidation sites excluding steroid dienone is 1. The van der Waals surface area contributed by atoms with E-state index in [2.05, 4.69) is 9.97 Å². The van der Waals surface area contributed by atoms with Crippen LogP contribution in [0.1, 0.15) is 31.7 Å². The maximum absolute atomic E-state index is 14.0. The van der Waals surface area contributed by atoms with Crippen molar-refractivity contribution < 1.29 is 23.1 Å². The van der Waals surface area contributed by atoms with E-state index in [-0.39, 0.29) is 35.0 Å². The van der Waals surface area contributed by atoms with Crippen molar-refractivity contribution in [1.29, 1.82) is 0 Å². The number of amides is 2. The Bertz CT molecular complexity index is 1660. The van der Waals surface area contributed by atoms with Crippen molar-refractivity contribution >= 4 is 28.7 Å². The van der Waals surface area contributed by atoms with E-state index in [9.17, 15) is 18.4 Å². The van der Waals surface area contributed by atoms with E-state index >= 15 is 0 Å². The predicted octanol–water partition coefficient (Wildman–Crippen LogP) is 4.13. The highest BCUT2D eigenvalue weighted by molar-refractivity contribution is 6.17. The van der Waals surface area contributed by atoms with Gasteiger partial charge in [-0.3, -0.25) is 9.59 Å². The van der Waals surface area contributed by atoms with E-state index in [0.717, 1.165) is 31.4 Å². The van der Waals surface area contributed by atoms with Crippen molar-refractivity contribution in [3.63, 3.8) is 0 Å². The molecule has 1 aliphatic heterocycles. The second-order valence-corrected chi connectivity index (χ2v) is 10.3. The molecule has 2 amide bonds. The summed E-state index contributed by atoms with van der Waals surface area (Å²) in [5.74, 6) is -2.51. The molecule has 1 aliphatic carbocycles. The molecule has 210 valence electrons. The third kappa shape index (κ3) is 5.20. The molecule has 2 aromatic carbocycles. The number of ether oxygens (including phenoxy) is 1. The minimum absolute atomic E-state index is 0.0308. The van der Waals surface area contributed by atoms with E-state index in [4.69, 9.17) is 21.3 Å². The lowest BCUT2D eigenvalue weighted by atomic mass is 10.0. The maximum Gasteiger partial charge on any atom is 0.259 e. The van der Waals surface area contributed by atoms with Crippen LogP contribution in [0.5, 0.6) is 11.5 Å². The molecule has 3 heterocycles. The monoisotopic (exact) mass is 559 g/mol. The molecule has 10 nitrogen and oxygen atoms in total. The van der Waals surface area contributed by atoms with Crippen molar-refractivity contribution in [1.82, 2.24) is 24.6 Å². The summed E-state index contributed by atoms with van der Waals surface area (Å²) in [6, 6.07) is 9.81. The van der Waals surface area contributed by atoms with Gasteiger partial charge < -0.3 is 21.1 Å². The Hall–Kier alpha value is -4.87. The van der Waals surface area contributed by atoms with E-state index in [1.807, 2.05) is 0 Å². The lowest BCUT2D eigenvalue weighted by Gasteiger charge is -2.33. The second-order valence-electron chi connectivity index (χ2n) is 10.3. The molecule has 6 rings (SSSR count). The molecule has 4 aromatic rings. The Balaban J connectivity index is 1.30. The van der Waals surface area contributed by atoms with Crippen LogP contribution in [0.25, 0.3) is 22.3 Å². The van der Waals surface area contributed by atoms with Crippen LogP contribution in [0.4, 0.5) is 14.6 Å². The van der Waals surface area contributed by atoms with Crippen LogP contribution in [0.3, 0.4) is 0 Å². The molecule has 2 aliphatic rings. The Kier molecular flexibility index (Phi) is 6.82. The molecule has 2 aromatic heterocycles. The van der Waals surface area contributed by atoms with Crippen LogP contribution in [0.15, 0.2) is 60.4 Å². The fraction of sp³-hybridized carbons (Fsp3) is 0.276. The van der Waals surface area contributed by atoms with Gasteiger partial charge in [-0.15, -0.1) is 0 Å². The lowest BCUT2D eigenvalue weighted by Crippen LogP contribution is -2.43. The van der Waals surface area contributed by atoms with Gasteiger partial charge in [0.05, 0.1) is 11.4 Å². The molecular formula is C29H27F2N7O3. The Labute approximate surface area is 233 Å². The summed E-state index contributed by atoms with van der Waals surface area (Å²) in [5.41, 5.74) is 13.5. The molecule has 2 fully saturated rings. The zero-order valence-electron chi connectivity index (χ0n) is 22.0. The number of rotatable bonds is 7. The van der Waals surface area contributed by atoms with Crippen molar-refractivity contribution in [2.45, 2.75) is 31.7 Å². The summed E-state index contributed by atoms with van der Waals surface area (Å²) in [7, 11) is 0. The number of benzene rings is 2. The number of nitrogens with zero attached hydrogens (tertiary/aromatic N) is 5. The molecule has 0 spiro atoms. The van der Waals surface area contributed by atoms with Crippen LogP contribution >= 0.6 is 0 Å². The highest BCUT2D eigenvalue weighted by atomic mass is 19.1. The number of para-hydroxylation sites is 1. The first-order chi connectivity index (χ1) is 19.8. The normalized spacial score (nSPS) is 17.6. The predicted molar refractivity (Wildman–Crippen MR) is 146 cm³/mol. The van der Waals surface area contributed by atoms with Gasteiger partial charge in [0.1, 0.15) is 29.2 Å². The maximum atomic E-state index is 14.0. The van der Waals surface area contributed by atoms with Crippen LogP contribution in [-0.4, -0.2) is 49.6 Å². The number of hydrogen-bond acceptors (Lipinski definition) is 7. The van der Waals surface area contributed by atoms with Crippen molar-refractivity contribution in [2.75, 3.05) is 18.8 Å². The number of nitrogen functional groups attached to an aromatic ring is 1. The summed E-state index contributed by atoms with van der Waals surface area (Å²) in [6.45, 7) is 0.813. The molecule has 0 unspecified atom stereocenters. The van der Waals surface area contributed by atoms with Crippen molar-refractivity contribution in [3.8, 4) is 22.8 Å². The molecule has 1 saturated carbocycles. The summed E-state index contributed by atoms with van der Waals surface area (Å²) in [5, 5.41) is 5.39. The number of aromatic nitrogens is 4. The first kappa shape index (κ1) is 26.4. The number of carbonyl (C=O) groups is 2. The van der Waals surface area contributed by atoms with Crippen molar-refractivity contribution in [2.24, 2.45) is 11.7 Å². The number of primary amides is 1. The highest BCUT2D eigenvalue weighted by Crippen LogP contribution is 2.36. The number of piperidine rings is 1. The fourth-order valence-corrected chi connectivity index (χ4v) is 5.10. The smallest absolute Gasteiger partial charge is 0.259 e. The molecule has 12 heteroatoms. The lowest BCUT2D eigenvalue weighted by molar-refractivity contribution is -0.131. The number of fused-ring (bicyclic) bond motifs is 1. The van der Waals surface area contributed by atoms with Crippen LogP contribution in [-0.2, 0) is 9.59 Å². The molecule has 0 bridgehead atoms. The van der Waals surface area contributed by atoms with Gasteiger partial charge in [-0.1, -0.05) is 12.1 Å². The Morgan fingerprint density at radius 3 is 2.44 bits per heavy atom. The van der Waals surface area contributed by atoms with E-state index in [1.54, 1.807) is 39.9 Å². The standard InChI is InChI=1S/C29H27F2N7O3/c30-21-4-1-5-22(31)25(21)41-19-10-8-17(9-11-19)24-23-26(32)34-15-35-28(23)38(36-24)18-3-2-12-37(14-18)29(40)20(27(33)39)13-16-6-7-16/h1,4-5,8-11,13,15-16,18H,2-3,6-7,12,14H2,(H2,33,39)(H2,32,34,35)/b20-13-/t18-/m1/s1. The van der Waals surface area contributed by atoms with Gasteiger partial charge in [-0.25, -0.2) is 23.4 Å². The molecule has 0 radical (unpaired) electrons. The van der Waals surface area contributed by atoms with Gasteiger partial charge >= 0.3 is 0 Å². The van der Waals surface area contributed by atoms with Crippen LogP contribution in [0.2, 0.25) is 0 Å². The third-order valence-electron chi connectivity index (χ3n) is 7.33. The minimum atomic E-state index is -0.810. The van der Waals surface area contributed by atoms with Crippen LogP contribution in [0, 0.1) is 17.6 Å². The van der Waals surface area contributed by atoms with Crippen LogP contribution < -0.4 is 16.2 Å². The average Bonchev–Trinajstić information content (AvgIpc) is 3.71. The molecule has 41 heavy (non-hydrogen) atoms. The SMILES string of the molecule is NC(=O)/C(=C/C1CC1)C(=O)N1CCC[C@@H](n2nc(-c3ccc(Oc4c(F)cccc4F)cc3)c3c(N)ncnc32)C1. The average molecular weight is 560 g/mol. The fourth-order valence-electron chi connectivity index (χ4n) is 5.10. The van der Waals surface area contributed by atoms with Crippen molar-refractivity contribution in [3.05, 3.63) is 72.1 Å².